The van der Waals surface area contributed by atoms with Gasteiger partial charge in [-0.05, 0) is 24.1 Å². The summed E-state index contributed by atoms with van der Waals surface area (Å²) in [5, 5.41) is 0. The molecule has 0 unspecified atom stereocenters. The van der Waals surface area contributed by atoms with Crippen LogP contribution in [0.3, 0.4) is 0 Å². The third kappa shape index (κ3) is 2.73. The summed E-state index contributed by atoms with van der Waals surface area (Å²) >= 11 is 0. The lowest BCUT2D eigenvalue weighted by atomic mass is 10.0. The highest BCUT2D eigenvalue weighted by Gasteiger charge is 2.12. The molecule has 0 saturated carbocycles. The van der Waals surface area contributed by atoms with E-state index in [1.54, 1.807) is 18.2 Å². The van der Waals surface area contributed by atoms with E-state index < -0.39 is 11.9 Å². The smallest absolute Gasteiger partial charge is 0.329 e. The van der Waals surface area contributed by atoms with Crippen molar-refractivity contribution in [2.45, 2.75) is 20.3 Å². The highest BCUT2D eigenvalue weighted by atomic mass is 16.7. The molecule has 0 atom stereocenters. The Kier molecular flexibility index (Phi) is 3.88. The van der Waals surface area contributed by atoms with E-state index in [9.17, 15) is 9.59 Å². The molecule has 5 heteroatoms. The van der Waals surface area contributed by atoms with E-state index in [4.69, 9.17) is 5.73 Å². The fourth-order valence-corrected chi connectivity index (χ4v) is 1.39. The second-order valence-electron chi connectivity index (χ2n) is 3.25. The van der Waals surface area contributed by atoms with Crippen molar-refractivity contribution >= 4 is 17.6 Å². The fourth-order valence-electron chi connectivity index (χ4n) is 1.39. The van der Waals surface area contributed by atoms with Gasteiger partial charge < -0.3 is 10.6 Å². The second kappa shape index (κ2) is 5.16. The number of rotatable bonds is 2. The van der Waals surface area contributed by atoms with Gasteiger partial charge in [0.1, 0.15) is 0 Å². The number of anilines is 1. The number of hydrogen-bond acceptors (Lipinski definition) is 4. The summed E-state index contributed by atoms with van der Waals surface area (Å²) in [5.74, 6) is -1.05. The van der Waals surface area contributed by atoms with Crippen molar-refractivity contribution in [2.24, 2.45) is 0 Å². The van der Waals surface area contributed by atoms with Crippen LogP contribution in [-0.2, 0) is 16.1 Å². The summed E-state index contributed by atoms with van der Waals surface area (Å²) < 4.78 is 0. The van der Waals surface area contributed by atoms with Crippen LogP contribution in [0.5, 0.6) is 0 Å². The van der Waals surface area contributed by atoms with Gasteiger partial charge >= 0.3 is 5.97 Å². The molecule has 0 aliphatic rings. The predicted molar refractivity (Wildman–Crippen MR) is 59.5 cm³/mol. The van der Waals surface area contributed by atoms with E-state index >= 15 is 0 Å². The largest absolute Gasteiger partial charge is 0.398 e. The standard InChI is InChI=1S/C11H14N2O3/c1-3-8-9(5-4-6-10(8)12)11(15)13-16-7(2)14/h4-6H,3,12H2,1-2H3,(H,13,15). The normalized spacial score (nSPS) is 9.62. The lowest BCUT2D eigenvalue weighted by Crippen LogP contribution is -2.27. The molecular formula is C11H14N2O3. The minimum Gasteiger partial charge on any atom is -0.398 e. The third-order valence-corrected chi connectivity index (χ3v) is 2.10. The summed E-state index contributed by atoms with van der Waals surface area (Å²) in [6.45, 7) is 3.11. The number of carbonyl (C=O) groups excluding carboxylic acids is 2. The number of amides is 1. The molecule has 16 heavy (non-hydrogen) atoms. The van der Waals surface area contributed by atoms with Crippen LogP contribution >= 0.6 is 0 Å². The molecule has 0 spiro atoms. The average Bonchev–Trinajstić information content (AvgIpc) is 2.25. The van der Waals surface area contributed by atoms with E-state index in [0.717, 1.165) is 5.56 Å². The summed E-state index contributed by atoms with van der Waals surface area (Å²) in [6.07, 6.45) is 0.634. The molecule has 1 rings (SSSR count). The van der Waals surface area contributed by atoms with Gasteiger partial charge in [0.2, 0.25) is 0 Å². The number of hydroxylamine groups is 1. The Morgan fingerprint density at radius 1 is 1.44 bits per heavy atom. The van der Waals surface area contributed by atoms with Gasteiger partial charge in [-0.2, -0.15) is 5.48 Å². The molecule has 0 fully saturated rings. The maximum Gasteiger partial charge on any atom is 0.329 e. The first-order valence-corrected chi connectivity index (χ1v) is 4.91. The number of benzene rings is 1. The maximum absolute atomic E-state index is 11.6. The monoisotopic (exact) mass is 222 g/mol. The van der Waals surface area contributed by atoms with Crippen molar-refractivity contribution in [2.75, 3.05) is 5.73 Å². The van der Waals surface area contributed by atoms with Crippen LogP contribution < -0.4 is 11.2 Å². The zero-order valence-electron chi connectivity index (χ0n) is 9.24. The van der Waals surface area contributed by atoms with Crippen LogP contribution in [0.2, 0.25) is 0 Å². The van der Waals surface area contributed by atoms with Gasteiger partial charge in [0.05, 0.1) is 0 Å². The molecule has 1 aromatic rings. The van der Waals surface area contributed by atoms with Gasteiger partial charge in [0, 0.05) is 18.2 Å². The quantitative estimate of drug-likeness (QED) is 0.578. The van der Waals surface area contributed by atoms with Crippen molar-refractivity contribution in [3.63, 3.8) is 0 Å². The molecule has 86 valence electrons. The summed E-state index contributed by atoms with van der Waals surface area (Å²) in [4.78, 5) is 26.6. The van der Waals surface area contributed by atoms with Gasteiger partial charge in [-0.15, -0.1) is 0 Å². The molecule has 1 aromatic carbocycles. The number of nitrogen functional groups attached to an aromatic ring is 1. The summed E-state index contributed by atoms with van der Waals surface area (Å²) in [7, 11) is 0. The Bertz CT molecular complexity index is 416. The van der Waals surface area contributed by atoms with Crippen molar-refractivity contribution < 1.29 is 14.4 Å². The van der Waals surface area contributed by atoms with Gasteiger partial charge in [-0.1, -0.05) is 13.0 Å². The van der Waals surface area contributed by atoms with Crippen LogP contribution in [0.25, 0.3) is 0 Å². The Balaban J connectivity index is 2.90. The van der Waals surface area contributed by atoms with E-state index in [1.807, 2.05) is 6.92 Å². The van der Waals surface area contributed by atoms with Crippen LogP contribution in [0.1, 0.15) is 29.8 Å². The highest BCUT2D eigenvalue weighted by molar-refractivity contribution is 5.96. The van der Waals surface area contributed by atoms with Gasteiger partial charge in [-0.25, -0.2) is 0 Å². The van der Waals surface area contributed by atoms with Gasteiger partial charge in [-0.3, -0.25) is 9.59 Å². The molecule has 0 bridgehead atoms. The number of carbonyl (C=O) groups is 2. The Morgan fingerprint density at radius 3 is 2.69 bits per heavy atom. The molecule has 5 nitrogen and oxygen atoms in total. The topological polar surface area (TPSA) is 81.4 Å². The van der Waals surface area contributed by atoms with Crippen molar-refractivity contribution in [1.29, 1.82) is 0 Å². The number of hydrogen-bond donors (Lipinski definition) is 2. The summed E-state index contributed by atoms with van der Waals surface area (Å²) in [6, 6.07) is 5.03. The molecule has 1 amide bonds. The lowest BCUT2D eigenvalue weighted by molar-refractivity contribution is -0.146. The zero-order valence-corrected chi connectivity index (χ0v) is 9.24. The van der Waals surface area contributed by atoms with Crippen LogP contribution in [0.15, 0.2) is 18.2 Å². The minimum absolute atomic E-state index is 0.420. The maximum atomic E-state index is 11.6. The predicted octanol–water partition coefficient (Wildman–Crippen LogP) is 1.04. The van der Waals surface area contributed by atoms with Gasteiger partial charge in [0.25, 0.3) is 5.91 Å². The van der Waals surface area contributed by atoms with Crippen molar-refractivity contribution in [3.05, 3.63) is 29.3 Å². The first-order chi connectivity index (χ1) is 7.56. The molecular weight excluding hydrogens is 208 g/mol. The molecule has 3 N–H and O–H groups in total. The zero-order chi connectivity index (χ0) is 12.1. The second-order valence-corrected chi connectivity index (χ2v) is 3.25. The Morgan fingerprint density at radius 2 is 2.12 bits per heavy atom. The molecule has 0 heterocycles. The van der Waals surface area contributed by atoms with E-state index in [0.29, 0.717) is 17.7 Å². The first kappa shape index (κ1) is 12.0. The van der Waals surface area contributed by atoms with E-state index in [1.165, 1.54) is 6.92 Å². The average molecular weight is 222 g/mol. The molecule has 0 saturated heterocycles. The first-order valence-electron chi connectivity index (χ1n) is 4.91. The highest BCUT2D eigenvalue weighted by Crippen LogP contribution is 2.17. The van der Waals surface area contributed by atoms with Gasteiger partial charge in [0.15, 0.2) is 0 Å². The van der Waals surface area contributed by atoms with E-state index in [-0.39, 0.29) is 0 Å². The van der Waals surface area contributed by atoms with Crippen LogP contribution in [0, 0.1) is 0 Å². The molecule has 0 aromatic heterocycles. The van der Waals surface area contributed by atoms with Crippen molar-refractivity contribution in [1.82, 2.24) is 5.48 Å². The lowest BCUT2D eigenvalue weighted by Gasteiger charge is -2.10. The van der Waals surface area contributed by atoms with Crippen molar-refractivity contribution in [3.8, 4) is 0 Å². The molecule has 0 radical (unpaired) electrons. The SMILES string of the molecule is CCc1c(N)cccc1C(=O)NOC(C)=O. The third-order valence-electron chi connectivity index (χ3n) is 2.10. The molecule has 0 aliphatic carbocycles. The van der Waals surface area contributed by atoms with Crippen LogP contribution in [0.4, 0.5) is 5.69 Å². The Hall–Kier alpha value is -2.04. The Labute approximate surface area is 93.5 Å². The molecule has 0 aliphatic heterocycles. The number of nitrogens with one attached hydrogen (secondary N) is 1. The summed E-state index contributed by atoms with van der Waals surface area (Å²) in [5.41, 5.74) is 9.51. The number of nitrogens with two attached hydrogens (primary N) is 1. The fraction of sp³-hybridized carbons (Fsp3) is 0.273. The van der Waals surface area contributed by atoms with E-state index in [2.05, 4.69) is 10.3 Å². The minimum atomic E-state index is -0.574. The van der Waals surface area contributed by atoms with Crippen LogP contribution in [-0.4, -0.2) is 11.9 Å².